The SMILES string of the molecule is COC(=O)c1ccc(F)cc1NC(=O)C1CSCN1. The van der Waals surface area contributed by atoms with Gasteiger partial charge in [0.2, 0.25) is 5.91 Å². The van der Waals surface area contributed by atoms with Crippen molar-refractivity contribution in [2.75, 3.05) is 24.1 Å². The van der Waals surface area contributed by atoms with E-state index >= 15 is 0 Å². The highest BCUT2D eigenvalue weighted by Crippen LogP contribution is 2.19. The van der Waals surface area contributed by atoms with Crippen molar-refractivity contribution in [1.82, 2.24) is 5.32 Å². The topological polar surface area (TPSA) is 67.4 Å². The van der Waals surface area contributed by atoms with Gasteiger partial charge in [-0.3, -0.25) is 10.1 Å². The zero-order valence-corrected chi connectivity index (χ0v) is 11.1. The highest BCUT2D eigenvalue weighted by atomic mass is 32.2. The fraction of sp³-hybridized carbons (Fsp3) is 0.333. The number of anilines is 1. The minimum Gasteiger partial charge on any atom is -0.465 e. The van der Waals surface area contributed by atoms with Gasteiger partial charge in [-0.2, -0.15) is 0 Å². The second-order valence-electron chi connectivity index (χ2n) is 3.94. The van der Waals surface area contributed by atoms with Gasteiger partial charge in [-0.25, -0.2) is 9.18 Å². The van der Waals surface area contributed by atoms with Crippen molar-refractivity contribution in [1.29, 1.82) is 0 Å². The third-order valence-corrected chi connectivity index (χ3v) is 3.62. The summed E-state index contributed by atoms with van der Waals surface area (Å²) in [6, 6.07) is 3.20. The highest BCUT2D eigenvalue weighted by Gasteiger charge is 2.24. The van der Waals surface area contributed by atoms with Gasteiger partial charge in [0.1, 0.15) is 5.82 Å². The minimum atomic E-state index is -0.621. The minimum absolute atomic E-state index is 0.121. The fourth-order valence-corrected chi connectivity index (χ4v) is 2.63. The smallest absolute Gasteiger partial charge is 0.339 e. The van der Waals surface area contributed by atoms with E-state index in [2.05, 4.69) is 15.4 Å². The van der Waals surface area contributed by atoms with Gasteiger partial charge < -0.3 is 10.1 Å². The lowest BCUT2D eigenvalue weighted by atomic mass is 10.1. The quantitative estimate of drug-likeness (QED) is 0.817. The molecule has 0 bridgehead atoms. The van der Waals surface area contributed by atoms with Gasteiger partial charge in [0.25, 0.3) is 0 Å². The van der Waals surface area contributed by atoms with Crippen LogP contribution in [0.2, 0.25) is 0 Å². The highest BCUT2D eigenvalue weighted by molar-refractivity contribution is 7.99. The molecule has 1 aromatic carbocycles. The van der Waals surface area contributed by atoms with Crippen LogP contribution in [0.1, 0.15) is 10.4 Å². The largest absolute Gasteiger partial charge is 0.465 e. The maximum absolute atomic E-state index is 13.2. The Morgan fingerprint density at radius 1 is 1.53 bits per heavy atom. The van der Waals surface area contributed by atoms with Crippen molar-refractivity contribution in [2.24, 2.45) is 0 Å². The molecule has 1 unspecified atom stereocenters. The van der Waals surface area contributed by atoms with Gasteiger partial charge in [-0.1, -0.05) is 0 Å². The Bertz CT molecular complexity index is 504. The Morgan fingerprint density at radius 3 is 2.95 bits per heavy atom. The summed E-state index contributed by atoms with van der Waals surface area (Å²) >= 11 is 1.60. The normalized spacial score (nSPS) is 18.1. The second kappa shape index (κ2) is 6.03. The molecule has 0 radical (unpaired) electrons. The van der Waals surface area contributed by atoms with Gasteiger partial charge in [0.05, 0.1) is 24.4 Å². The van der Waals surface area contributed by atoms with E-state index in [-0.39, 0.29) is 23.2 Å². The molecule has 102 valence electrons. The molecule has 5 nitrogen and oxygen atoms in total. The van der Waals surface area contributed by atoms with E-state index in [1.807, 2.05) is 0 Å². The first-order chi connectivity index (χ1) is 9.11. The van der Waals surface area contributed by atoms with Gasteiger partial charge in [0.15, 0.2) is 0 Å². The molecule has 1 amide bonds. The van der Waals surface area contributed by atoms with E-state index in [9.17, 15) is 14.0 Å². The zero-order valence-electron chi connectivity index (χ0n) is 10.2. The van der Waals surface area contributed by atoms with Gasteiger partial charge in [0, 0.05) is 11.6 Å². The van der Waals surface area contributed by atoms with Gasteiger partial charge in [-0.05, 0) is 18.2 Å². The number of ether oxygens (including phenoxy) is 1. The Hall–Kier alpha value is -1.60. The first-order valence-corrected chi connectivity index (χ1v) is 6.77. The molecule has 1 heterocycles. The van der Waals surface area contributed by atoms with Crippen LogP contribution in [0.5, 0.6) is 0 Å². The van der Waals surface area contributed by atoms with Crippen LogP contribution >= 0.6 is 11.8 Å². The van der Waals surface area contributed by atoms with Crippen LogP contribution in [-0.4, -0.2) is 36.7 Å². The number of benzene rings is 1. The molecule has 1 aliphatic rings. The van der Waals surface area contributed by atoms with Crippen molar-refractivity contribution in [3.63, 3.8) is 0 Å². The lowest BCUT2D eigenvalue weighted by molar-refractivity contribution is -0.117. The van der Waals surface area contributed by atoms with Crippen LogP contribution in [0.4, 0.5) is 10.1 Å². The molecule has 1 fully saturated rings. The molecule has 1 atom stereocenters. The van der Waals surface area contributed by atoms with E-state index < -0.39 is 11.8 Å². The molecule has 0 spiro atoms. The third kappa shape index (κ3) is 3.24. The molecule has 1 aromatic rings. The average molecular weight is 284 g/mol. The molecular weight excluding hydrogens is 271 g/mol. The summed E-state index contributed by atoms with van der Waals surface area (Å²) in [5.41, 5.74) is 0.249. The van der Waals surface area contributed by atoms with Crippen molar-refractivity contribution in [3.05, 3.63) is 29.6 Å². The van der Waals surface area contributed by atoms with Crippen LogP contribution in [-0.2, 0) is 9.53 Å². The Kier molecular flexibility index (Phi) is 4.39. The predicted octanol–water partition coefficient (Wildman–Crippen LogP) is 1.21. The Balaban J connectivity index is 2.20. The van der Waals surface area contributed by atoms with Gasteiger partial charge >= 0.3 is 5.97 Å². The molecular formula is C12H13FN2O3S. The van der Waals surface area contributed by atoms with E-state index in [0.717, 1.165) is 12.1 Å². The van der Waals surface area contributed by atoms with E-state index in [1.165, 1.54) is 13.2 Å². The third-order valence-electron chi connectivity index (χ3n) is 2.68. The van der Waals surface area contributed by atoms with Crippen molar-refractivity contribution in [2.45, 2.75) is 6.04 Å². The first-order valence-electron chi connectivity index (χ1n) is 5.61. The van der Waals surface area contributed by atoms with Crippen molar-refractivity contribution >= 4 is 29.3 Å². The van der Waals surface area contributed by atoms with E-state index in [4.69, 9.17) is 0 Å². The van der Waals surface area contributed by atoms with E-state index in [0.29, 0.717) is 11.6 Å². The molecule has 2 rings (SSSR count). The Labute approximate surface area is 113 Å². The molecule has 2 N–H and O–H groups in total. The summed E-state index contributed by atoms with van der Waals surface area (Å²) in [6.45, 7) is 0. The number of hydrogen-bond acceptors (Lipinski definition) is 5. The summed E-state index contributed by atoms with van der Waals surface area (Å²) in [5.74, 6) is -0.0960. The number of hydrogen-bond donors (Lipinski definition) is 2. The van der Waals surface area contributed by atoms with Gasteiger partial charge in [-0.15, -0.1) is 11.8 Å². The summed E-state index contributed by atoms with van der Waals surface area (Å²) in [4.78, 5) is 23.5. The number of nitrogens with one attached hydrogen (secondary N) is 2. The van der Waals surface area contributed by atoms with E-state index in [1.54, 1.807) is 11.8 Å². The number of carbonyl (C=O) groups is 2. The standard InChI is InChI=1S/C12H13FN2O3S/c1-18-12(17)8-3-2-7(13)4-9(8)15-11(16)10-5-19-6-14-10/h2-4,10,14H,5-6H2,1H3,(H,15,16). The lowest BCUT2D eigenvalue weighted by Gasteiger charge is -2.13. The average Bonchev–Trinajstić information content (AvgIpc) is 2.92. The van der Waals surface area contributed by atoms with Crippen LogP contribution in [0.3, 0.4) is 0 Å². The number of rotatable bonds is 3. The van der Waals surface area contributed by atoms with Crippen molar-refractivity contribution in [3.8, 4) is 0 Å². The van der Waals surface area contributed by atoms with Crippen molar-refractivity contribution < 1.29 is 18.7 Å². The Morgan fingerprint density at radius 2 is 2.32 bits per heavy atom. The number of carbonyl (C=O) groups excluding carboxylic acids is 2. The number of amides is 1. The molecule has 0 aromatic heterocycles. The lowest BCUT2D eigenvalue weighted by Crippen LogP contribution is -2.37. The van der Waals surface area contributed by atoms with Crippen LogP contribution in [0.25, 0.3) is 0 Å². The molecule has 0 saturated carbocycles. The monoisotopic (exact) mass is 284 g/mol. The number of halogens is 1. The number of methoxy groups -OCH3 is 1. The summed E-state index contributed by atoms with van der Waals surface area (Å²) < 4.78 is 17.8. The zero-order chi connectivity index (χ0) is 13.8. The first kappa shape index (κ1) is 13.8. The fourth-order valence-electron chi connectivity index (χ4n) is 1.69. The second-order valence-corrected chi connectivity index (χ2v) is 4.97. The maximum Gasteiger partial charge on any atom is 0.339 e. The summed E-state index contributed by atoms with van der Waals surface area (Å²) in [6.07, 6.45) is 0. The number of thioether (sulfide) groups is 1. The predicted molar refractivity (Wildman–Crippen MR) is 70.6 cm³/mol. The molecule has 0 aliphatic carbocycles. The summed E-state index contributed by atoms with van der Waals surface area (Å²) in [7, 11) is 1.23. The van der Waals surface area contributed by atoms with Crippen LogP contribution < -0.4 is 10.6 Å². The molecule has 19 heavy (non-hydrogen) atoms. The van der Waals surface area contributed by atoms with Crippen LogP contribution in [0.15, 0.2) is 18.2 Å². The summed E-state index contributed by atoms with van der Waals surface area (Å²) in [5, 5.41) is 5.55. The molecule has 1 aliphatic heterocycles. The molecule has 1 saturated heterocycles. The molecule has 7 heteroatoms. The number of esters is 1. The van der Waals surface area contributed by atoms with Crippen LogP contribution in [0, 0.1) is 5.82 Å². The maximum atomic E-state index is 13.2.